The number of fused-ring (bicyclic) bond motifs is 1. The molecule has 2 heterocycles. The number of hydrogen-bond donors (Lipinski definition) is 0. The van der Waals surface area contributed by atoms with Gasteiger partial charge in [-0.25, -0.2) is 14.6 Å². The van der Waals surface area contributed by atoms with Gasteiger partial charge in [0.15, 0.2) is 4.80 Å². The number of rotatable bonds is 6. The van der Waals surface area contributed by atoms with Gasteiger partial charge in [-0.05, 0) is 52.8 Å². The van der Waals surface area contributed by atoms with Gasteiger partial charge in [-0.1, -0.05) is 98.8 Å². The molecule has 0 saturated carbocycles. The Kier molecular flexibility index (Phi) is 8.09. The lowest BCUT2D eigenvalue weighted by atomic mass is 9.87. The van der Waals surface area contributed by atoms with Crippen molar-refractivity contribution in [3.63, 3.8) is 0 Å². The first-order chi connectivity index (χ1) is 20.1. The molecule has 0 amide bonds. The molecule has 1 atom stereocenters. The summed E-state index contributed by atoms with van der Waals surface area (Å²) >= 11 is 1.27. The van der Waals surface area contributed by atoms with Crippen LogP contribution in [0.15, 0.2) is 99.9 Å². The fourth-order valence-corrected chi connectivity index (χ4v) is 5.90. The predicted octanol–water partition coefficient (Wildman–Crippen LogP) is 5.06. The van der Waals surface area contributed by atoms with Crippen molar-refractivity contribution < 1.29 is 19.1 Å². The maximum Gasteiger partial charge on any atom is 0.338 e. The first kappa shape index (κ1) is 29.0. The van der Waals surface area contributed by atoms with Gasteiger partial charge in [0.1, 0.15) is 6.61 Å². The number of benzene rings is 3. The molecule has 1 aromatic heterocycles. The smallest absolute Gasteiger partial charge is 0.338 e. The van der Waals surface area contributed by atoms with Crippen LogP contribution in [0.5, 0.6) is 0 Å². The minimum atomic E-state index is -0.790. The van der Waals surface area contributed by atoms with Crippen LogP contribution in [0.3, 0.4) is 0 Å². The number of carbonyl (C=O) groups excluding carboxylic acids is 2. The quantitative estimate of drug-likeness (QED) is 0.298. The molecule has 4 aromatic rings. The third-order valence-electron chi connectivity index (χ3n) is 7.18. The van der Waals surface area contributed by atoms with Crippen molar-refractivity contribution in [2.75, 3.05) is 7.11 Å². The Morgan fingerprint density at radius 1 is 0.952 bits per heavy atom. The molecule has 0 spiro atoms. The maximum absolute atomic E-state index is 13.9. The molecule has 0 N–H and O–H groups in total. The Balaban J connectivity index is 1.59. The lowest BCUT2D eigenvalue weighted by Crippen LogP contribution is -2.39. The minimum Gasteiger partial charge on any atom is -0.465 e. The molecule has 5 rings (SSSR count). The monoisotopic (exact) mass is 580 g/mol. The number of ether oxygens (including phenoxy) is 2. The number of allylic oxidation sites excluding steroid dienone is 1. The van der Waals surface area contributed by atoms with Gasteiger partial charge in [-0.3, -0.25) is 9.36 Å². The van der Waals surface area contributed by atoms with Crippen molar-refractivity contribution in [2.45, 2.75) is 45.8 Å². The number of nitrogens with zero attached hydrogens (tertiary/aromatic N) is 2. The van der Waals surface area contributed by atoms with Crippen LogP contribution in [0.25, 0.3) is 6.08 Å². The highest BCUT2D eigenvalue weighted by atomic mass is 32.1. The molecule has 1 unspecified atom stereocenters. The molecular weight excluding hydrogens is 548 g/mol. The molecule has 0 radical (unpaired) electrons. The van der Waals surface area contributed by atoms with Gasteiger partial charge < -0.3 is 9.47 Å². The van der Waals surface area contributed by atoms with Crippen LogP contribution >= 0.6 is 11.3 Å². The van der Waals surface area contributed by atoms with E-state index in [-0.39, 0.29) is 23.2 Å². The topological polar surface area (TPSA) is 87.0 Å². The molecule has 1 aliphatic heterocycles. The lowest BCUT2D eigenvalue weighted by Gasteiger charge is -2.25. The second-order valence-electron chi connectivity index (χ2n) is 11.1. The Morgan fingerprint density at radius 2 is 1.62 bits per heavy atom. The van der Waals surface area contributed by atoms with Gasteiger partial charge in [-0.15, -0.1) is 0 Å². The van der Waals surface area contributed by atoms with Gasteiger partial charge in [-0.2, -0.15) is 0 Å². The molecule has 214 valence electrons. The van der Waals surface area contributed by atoms with Crippen molar-refractivity contribution >= 4 is 29.4 Å². The fourth-order valence-electron chi connectivity index (χ4n) is 4.85. The van der Waals surface area contributed by atoms with Crippen molar-refractivity contribution in [1.29, 1.82) is 0 Å². The number of esters is 2. The SMILES string of the molecule is COC(=O)c1ccc(C2C(C(=O)OCc3ccccc3)=C(C)N=c3sc(=Cc4ccc(C(C)(C)C)cc4)c(=O)n32)cc1. The highest BCUT2D eigenvalue weighted by Crippen LogP contribution is 2.31. The van der Waals surface area contributed by atoms with Crippen LogP contribution in [-0.4, -0.2) is 23.6 Å². The average molecular weight is 581 g/mol. The van der Waals surface area contributed by atoms with E-state index in [1.54, 1.807) is 35.8 Å². The number of methoxy groups -OCH3 is 1. The summed E-state index contributed by atoms with van der Waals surface area (Å²) in [6.45, 7) is 8.30. The van der Waals surface area contributed by atoms with Crippen LogP contribution in [0.1, 0.15) is 66.3 Å². The molecule has 0 saturated heterocycles. The van der Waals surface area contributed by atoms with E-state index in [9.17, 15) is 14.4 Å². The first-order valence-electron chi connectivity index (χ1n) is 13.6. The van der Waals surface area contributed by atoms with Crippen LogP contribution in [0.2, 0.25) is 0 Å². The Bertz CT molecular complexity index is 1840. The van der Waals surface area contributed by atoms with E-state index in [0.29, 0.717) is 26.2 Å². The van der Waals surface area contributed by atoms with E-state index in [1.165, 1.54) is 24.0 Å². The molecule has 1 aliphatic rings. The lowest BCUT2D eigenvalue weighted by molar-refractivity contribution is -0.140. The van der Waals surface area contributed by atoms with Gasteiger partial charge in [0.2, 0.25) is 0 Å². The molecule has 3 aromatic carbocycles. The van der Waals surface area contributed by atoms with E-state index >= 15 is 0 Å². The van der Waals surface area contributed by atoms with Gasteiger partial charge >= 0.3 is 11.9 Å². The molecule has 8 heteroatoms. The highest BCUT2D eigenvalue weighted by molar-refractivity contribution is 7.07. The van der Waals surface area contributed by atoms with Crippen LogP contribution in [0, 0.1) is 0 Å². The fraction of sp³-hybridized carbons (Fsp3) is 0.235. The van der Waals surface area contributed by atoms with Crippen molar-refractivity contribution in [3.8, 4) is 0 Å². The Morgan fingerprint density at radius 3 is 2.24 bits per heavy atom. The summed E-state index contributed by atoms with van der Waals surface area (Å²) in [5.74, 6) is -1.04. The van der Waals surface area contributed by atoms with E-state index in [1.807, 2.05) is 48.5 Å². The van der Waals surface area contributed by atoms with E-state index in [2.05, 4.69) is 37.9 Å². The molecule has 0 bridgehead atoms. The number of thiazole rings is 1. The summed E-state index contributed by atoms with van der Waals surface area (Å²) in [7, 11) is 1.32. The van der Waals surface area contributed by atoms with Crippen molar-refractivity contribution in [2.24, 2.45) is 4.99 Å². The van der Waals surface area contributed by atoms with E-state index < -0.39 is 18.0 Å². The van der Waals surface area contributed by atoms with Crippen LogP contribution in [-0.2, 0) is 26.3 Å². The van der Waals surface area contributed by atoms with Crippen LogP contribution in [0.4, 0.5) is 0 Å². The first-order valence-corrected chi connectivity index (χ1v) is 14.4. The van der Waals surface area contributed by atoms with Gasteiger partial charge in [0.05, 0.1) is 34.5 Å². The molecule has 0 aliphatic carbocycles. The highest BCUT2D eigenvalue weighted by Gasteiger charge is 2.33. The van der Waals surface area contributed by atoms with Gasteiger partial charge in [0, 0.05) is 0 Å². The summed E-state index contributed by atoms with van der Waals surface area (Å²) in [5, 5.41) is 0. The standard InChI is InChI=1S/C34H32N2O5S/c1-21-28(32(39)41-20-23-9-7-6-8-10-23)29(24-13-15-25(16-14-24)31(38)40-5)36-30(37)27(42-33(36)35-21)19-22-11-17-26(18-12-22)34(2,3)4/h6-19,29H,20H2,1-5H3. The maximum atomic E-state index is 13.9. The number of aromatic nitrogens is 1. The average Bonchev–Trinajstić information content (AvgIpc) is 3.29. The second-order valence-corrected chi connectivity index (χ2v) is 12.1. The molecule has 7 nitrogen and oxygen atoms in total. The van der Waals surface area contributed by atoms with E-state index in [4.69, 9.17) is 9.47 Å². The summed E-state index contributed by atoms with van der Waals surface area (Å²) < 4.78 is 12.6. The third-order valence-corrected chi connectivity index (χ3v) is 8.16. The van der Waals surface area contributed by atoms with E-state index in [0.717, 1.165) is 11.1 Å². The van der Waals surface area contributed by atoms with Gasteiger partial charge in [0.25, 0.3) is 5.56 Å². The largest absolute Gasteiger partial charge is 0.465 e. The third kappa shape index (κ3) is 5.90. The van der Waals surface area contributed by atoms with Crippen molar-refractivity contribution in [3.05, 3.63) is 138 Å². The number of carbonyl (C=O) groups is 2. The zero-order chi connectivity index (χ0) is 30.0. The normalized spacial score (nSPS) is 15.2. The summed E-state index contributed by atoms with van der Waals surface area (Å²) in [6, 6.07) is 23.4. The molecular formula is C34H32N2O5S. The molecule has 0 fully saturated rings. The summed E-state index contributed by atoms with van der Waals surface area (Å²) in [6.07, 6.45) is 1.85. The zero-order valence-corrected chi connectivity index (χ0v) is 25.0. The second kappa shape index (κ2) is 11.7. The van der Waals surface area contributed by atoms with Crippen LogP contribution < -0.4 is 14.9 Å². The summed E-state index contributed by atoms with van der Waals surface area (Å²) in [4.78, 5) is 44.8. The Hall–Kier alpha value is -4.56. The predicted molar refractivity (Wildman–Crippen MR) is 163 cm³/mol. The minimum absolute atomic E-state index is 0.0182. The summed E-state index contributed by atoms with van der Waals surface area (Å²) in [5.41, 5.74) is 4.44. The Labute approximate surface area is 248 Å². The number of hydrogen-bond acceptors (Lipinski definition) is 7. The van der Waals surface area contributed by atoms with Crippen molar-refractivity contribution in [1.82, 2.24) is 4.57 Å². The zero-order valence-electron chi connectivity index (χ0n) is 24.2. The molecule has 42 heavy (non-hydrogen) atoms.